The first-order valence-corrected chi connectivity index (χ1v) is 13.5. The highest BCUT2D eigenvalue weighted by molar-refractivity contribution is 6.35. The van der Waals surface area contributed by atoms with Gasteiger partial charge in [0.1, 0.15) is 12.2 Å². The Kier molecular flexibility index (Phi) is 9.43. The molecule has 1 heterocycles. The predicted molar refractivity (Wildman–Crippen MR) is 150 cm³/mol. The van der Waals surface area contributed by atoms with Crippen LogP contribution in [-0.4, -0.2) is 70.5 Å². The quantitative estimate of drug-likeness (QED) is 0.330. The fourth-order valence-corrected chi connectivity index (χ4v) is 5.58. The lowest BCUT2D eigenvalue weighted by Gasteiger charge is -2.40. The summed E-state index contributed by atoms with van der Waals surface area (Å²) in [6, 6.07) is 7.28. The number of carbonyl (C=O) groups is 2. The first-order valence-electron chi connectivity index (χ1n) is 12.8. The van der Waals surface area contributed by atoms with E-state index in [1.165, 1.54) is 18.1 Å². The lowest BCUT2D eigenvalue weighted by molar-refractivity contribution is -0.133. The second kappa shape index (κ2) is 12.6. The van der Waals surface area contributed by atoms with Crippen molar-refractivity contribution in [2.24, 2.45) is 0 Å². The van der Waals surface area contributed by atoms with Gasteiger partial charge in [-0.05, 0) is 55.3 Å². The van der Waals surface area contributed by atoms with Gasteiger partial charge in [-0.3, -0.25) is 9.59 Å². The molecular weight excluding hydrogens is 559 g/mol. The van der Waals surface area contributed by atoms with Crippen molar-refractivity contribution in [2.75, 3.05) is 20.3 Å². The van der Waals surface area contributed by atoms with E-state index in [1.54, 1.807) is 50.3 Å². The third-order valence-corrected chi connectivity index (χ3v) is 7.49. The number of fused-ring (bicyclic) bond motifs is 3. The van der Waals surface area contributed by atoms with Crippen molar-refractivity contribution in [2.45, 2.75) is 51.2 Å². The molecule has 0 saturated heterocycles. The van der Waals surface area contributed by atoms with Crippen LogP contribution in [0.25, 0.3) is 0 Å². The summed E-state index contributed by atoms with van der Waals surface area (Å²) >= 11 is 12.5. The number of hydrogen-bond acceptors (Lipinski definition) is 7. The van der Waals surface area contributed by atoms with Crippen molar-refractivity contribution in [3.8, 4) is 11.5 Å². The van der Waals surface area contributed by atoms with Crippen LogP contribution in [0.2, 0.25) is 10.0 Å². The zero-order chi connectivity index (χ0) is 29.1. The third-order valence-electron chi connectivity index (χ3n) is 6.91. The minimum Gasteiger partial charge on any atom is -0.493 e. The summed E-state index contributed by atoms with van der Waals surface area (Å²) in [5, 5.41) is 34.3. The summed E-state index contributed by atoms with van der Waals surface area (Å²) in [4.78, 5) is 28.4. The van der Waals surface area contributed by atoms with Crippen molar-refractivity contribution in [1.82, 2.24) is 10.2 Å². The second-order valence-electron chi connectivity index (χ2n) is 9.94. The Bertz CT molecular complexity index is 1360. The summed E-state index contributed by atoms with van der Waals surface area (Å²) in [5.74, 6) is -0.904. The van der Waals surface area contributed by atoms with E-state index in [0.717, 1.165) is 5.57 Å². The minimum absolute atomic E-state index is 0.00922. The van der Waals surface area contributed by atoms with Crippen molar-refractivity contribution in [1.29, 1.82) is 0 Å². The van der Waals surface area contributed by atoms with E-state index in [4.69, 9.17) is 32.7 Å². The number of allylic oxidation sites excluding steroid dienone is 1. The van der Waals surface area contributed by atoms with Crippen molar-refractivity contribution in [3.63, 3.8) is 0 Å². The highest BCUT2D eigenvalue weighted by atomic mass is 35.5. The molecule has 214 valence electrons. The van der Waals surface area contributed by atoms with E-state index < -0.39 is 36.0 Å². The SMILES string of the molecule is COc1cc(CO)cc2c1O[C@@H]1[C@@H](O)[C@H](N(Cc3ccc(Cl)cc3Cl)C(=O)C=C(C)C)C=C(C(=O)NCCO)[C@H]21. The molecule has 1 aliphatic carbocycles. The Morgan fingerprint density at radius 3 is 2.55 bits per heavy atom. The molecule has 0 bridgehead atoms. The van der Waals surface area contributed by atoms with Crippen molar-refractivity contribution in [3.05, 3.63) is 80.4 Å². The zero-order valence-corrected chi connectivity index (χ0v) is 23.9. The summed E-state index contributed by atoms with van der Waals surface area (Å²) < 4.78 is 11.7. The van der Waals surface area contributed by atoms with Gasteiger partial charge in [-0.15, -0.1) is 0 Å². The summed E-state index contributed by atoms with van der Waals surface area (Å²) in [6.07, 6.45) is 0.804. The molecule has 0 saturated carbocycles. The standard InChI is InChI=1S/C29H32Cl2N2O7/c1-15(2)8-24(36)33(13-17-4-5-18(30)11-21(17)31)22-12-20(29(38)32-6-7-34)25-19-9-16(14-35)10-23(39-3)27(19)40-28(25)26(22)37/h4-5,8-12,22,25-26,28,34-35,37H,6-7,13-14H2,1-3H3,(H,32,38)/t22-,25+,26+,28+/m1/s1. The number of aliphatic hydroxyl groups excluding tert-OH is 3. The molecule has 4 N–H and O–H groups in total. The van der Waals surface area contributed by atoms with Crippen LogP contribution in [-0.2, 0) is 22.7 Å². The van der Waals surface area contributed by atoms with Gasteiger partial charge in [0.2, 0.25) is 11.8 Å². The smallest absolute Gasteiger partial charge is 0.247 e. The van der Waals surface area contributed by atoms with Gasteiger partial charge in [-0.1, -0.05) is 34.8 Å². The Hall–Kier alpha value is -3.08. The number of rotatable bonds is 9. The van der Waals surface area contributed by atoms with Gasteiger partial charge >= 0.3 is 0 Å². The molecule has 40 heavy (non-hydrogen) atoms. The van der Waals surface area contributed by atoms with E-state index in [1.807, 2.05) is 0 Å². The Morgan fingerprint density at radius 1 is 1.18 bits per heavy atom. The van der Waals surface area contributed by atoms with Gasteiger partial charge in [-0.2, -0.15) is 0 Å². The van der Waals surface area contributed by atoms with E-state index in [9.17, 15) is 24.9 Å². The maximum Gasteiger partial charge on any atom is 0.247 e. The monoisotopic (exact) mass is 590 g/mol. The highest BCUT2D eigenvalue weighted by Crippen LogP contribution is 2.51. The van der Waals surface area contributed by atoms with Gasteiger partial charge < -0.3 is 35.0 Å². The molecule has 2 amide bonds. The molecule has 9 nitrogen and oxygen atoms in total. The second-order valence-corrected chi connectivity index (χ2v) is 10.8. The van der Waals surface area contributed by atoms with Crippen LogP contribution in [0.1, 0.15) is 36.5 Å². The largest absolute Gasteiger partial charge is 0.493 e. The van der Waals surface area contributed by atoms with Crippen LogP contribution in [0.5, 0.6) is 11.5 Å². The molecule has 0 radical (unpaired) electrons. The number of benzene rings is 2. The first kappa shape index (κ1) is 29.9. The van der Waals surface area contributed by atoms with Gasteiger partial charge in [0.05, 0.1) is 32.3 Å². The molecule has 11 heteroatoms. The number of ether oxygens (including phenoxy) is 2. The topological polar surface area (TPSA) is 129 Å². The van der Waals surface area contributed by atoms with Crippen LogP contribution in [0.3, 0.4) is 0 Å². The molecule has 0 aromatic heterocycles. The van der Waals surface area contributed by atoms with Crippen LogP contribution in [0.15, 0.2) is 53.6 Å². The minimum atomic E-state index is -1.25. The van der Waals surface area contributed by atoms with Crippen LogP contribution < -0.4 is 14.8 Å². The number of halogens is 2. The number of carbonyl (C=O) groups excluding carboxylic acids is 2. The van der Waals surface area contributed by atoms with Gasteiger partial charge in [0.15, 0.2) is 11.5 Å². The Morgan fingerprint density at radius 2 is 1.93 bits per heavy atom. The molecule has 2 aromatic carbocycles. The molecule has 2 aliphatic rings. The summed E-state index contributed by atoms with van der Waals surface area (Å²) in [6.45, 7) is 3.05. The van der Waals surface area contributed by atoms with Crippen LogP contribution in [0, 0.1) is 0 Å². The number of amides is 2. The maximum atomic E-state index is 13.5. The highest BCUT2D eigenvalue weighted by Gasteiger charge is 2.51. The normalized spacial score (nSPS) is 20.9. The molecule has 4 rings (SSSR count). The van der Waals surface area contributed by atoms with E-state index in [2.05, 4.69) is 5.32 Å². The lowest BCUT2D eigenvalue weighted by Crippen LogP contribution is -2.55. The maximum absolute atomic E-state index is 13.5. The molecule has 1 aliphatic heterocycles. The first-order chi connectivity index (χ1) is 19.1. The Balaban J connectivity index is 1.85. The molecule has 4 atom stereocenters. The summed E-state index contributed by atoms with van der Waals surface area (Å²) in [7, 11) is 1.46. The number of methoxy groups -OCH3 is 1. The van der Waals surface area contributed by atoms with Crippen LogP contribution in [0.4, 0.5) is 0 Å². The van der Waals surface area contributed by atoms with Crippen molar-refractivity contribution >= 4 is 35.0 Å². The fourth-order valence-electron chi connectivity index (χ4n) is 5.11. The molecule has 0 spiro atoms. The number of aliphatic hydroxyl groups is 3. The predicted octanol–water partition coefficient (Wildman–Crippen LogP) is 3.11. The average molecular weight is 591 g/mol. The molecular formula is C29H32Cl2N2O7. The molecule has 0 fully saturated rings. The third kappa shape index (κ3) is 5.99. The van der Waals surface area contributed by atoms with E-state index in [0.29, 0.717) is 38.2 Å². The number of nitrogens with zero attached hydrogens (tertiary/aromatic N) is 1. The van der Waals surface area contributed by atoms with Gasteiger partial charge in [-0.25, -0.2) is 0 Å². The van der Waals surface area contributed by atoms with Crippen LogP contribution >= 0.6 is 23.2 Å². The Labute approximate surface area is 242 Å². The van der Waals surface area contributed by atoms with Crippen molar-refractivity contribution < 1.29 is 34.4 Å². The number of hydrogen-bond donors (Lipinski definition) is 4. The zero-order valence-electron chi connectivity index (χ0n) is 22.4. The molecule has 0 unspecified atom stereocenters. The number of nitrogens with one attached hydrogen (secondary N) is 1. The lowest BCUT2D eigenvalue weighted by atomic mass is 9.77. The molecule has 2 aromatic rings. The van der Waals surface area contributed by atoms with Gasteiger partial charge in [0.25, 0.3) is 0 Å². The van der Waals surface area contributed by atoms with Gasteiger partial charge in [0, 0.05) is 40.3 Å². The van der Waals surface area contributed by atoms with E-state index >= 15 is 0 Å². The average Bonchev–Trinajstić information content (AvgIpc) is 3.31. The summed E-state index contributed by atoms with van der Waals surface area (Å²) in [5.41, 5.74) is 2.71. The fraction of sp³-hybridized carbons (Fsp3) is 0.379. The van der Waals surface area contributed by atoms with E-state index in [-0.39, 0.29) is 31.9 Å².